The number of nitrogens with zero attached hydrogens (tertiary/aromatic N) is 2. The monoisotopic (exact) mass is 248 g/mol. The van der Waals surface area contributed by atoms with Crippen LogP contribution < -0.4 is 0 Å². The lowest BCUT2D eigenvalue weighted by atomic mass is 10.0. The van der Waals surface area contributed by atoms with Crippen LogP contribution >= 0.6 is 11.6 Å². The van der Waals surface area contributed by atoms with Gasteiger partial charge >= 0.3 is 0 Å². The summed E-state index contributed by atoms with van der Waals surface area (Å²) in [6.07, 6.45) is 1.48. The third kappa shape index (κ3) is 2.11. The van der Waals surface area contributed by atoms with E-state index in [1.54, 1.807) is 7.05 Å². The van der Waals surface area contributed by atoms with Gasteiger partial charge in [0.25, 0.3) is 0 Å². The fourth-order valence-electron chi connectivity index (χ4n) is 1.69. The van der Waals surface area contributed by atoms with Gasteiger partial charge in [-0.2, -0.15) is 5.10 Å². The first kappa shape index (κ1) is 11.9. The summed E-state index contributed by atoms with van der Waals surface area (Å²) in [5, 5.41) is 4.35. The van der Waals surface area contributed by atoms with E-state index in [1.165, 1.54) is 10.9 Å². The van der Waals surface area contributed by atoms with Crippen molar-refractivity contribution in [2.75, 3.05) is 0 Å². The Bertz CT molecular complexity index is 568. The Morgan fingerprint density at radius 1 is 1.29 bits per heavy atom. The highest BCUT2D eigenvalue weighted by molar-refractivity contribution is 6.34. The molecule has 0 N–H and O–H groups in total. The zero-order valence-electron chi connectivity index (χ0n) is 9.99. The zero-order chi connectivity index (χ0) is 12.6. The maximum Gasteiger partial charge on any atom is 0.212 e. The molecule has 0 bridgehead atoms. The van der Waals surface area contributed by atoms with E-state index in [2.05, 4.69) is 5.10 Å². The summed E-state index contributed by atoms with van der Waals surface area (Å²) in [4.78, 5) is 12.3. The number of carbonyl (C=O) groups is 1. The van der Waals surface area contributed by atoms with Crippen LogP contribution in [0.4, 0.5) is 0 Å². The Labute approximate surface area is 105 Å². The third-order valence-electron chi connectivity index (χ3n) is 2.88. The van der Waals surface area contributed by atoms with E-state index in [9.17, 15) is 4.79 Å². The molecule has 0 spiro atoms. The largest absolute Gasteiger partial charge is 0.287 e. The van der Waals surface area contributed by atoms with Crippen LogP contribution in [-0.2, 0) is 7.05 Å². The molecule has 88 valence electrons. The lowest BCUT2D eigenvalue weighted by molar-refractivity contribution is 0.103. The number of aryl methyl sites for hydroxylation is 3. The molecule has 2 aromatic rings. The van der Waals surface area contributed by atoms with Crippen LogP contribution in [0.2, 0.25) is 5.02 Å². The predicted molar refractivity (Wildman–Crippen MR) is 67.6 cm³/mol. The molecule has 0 aliphatic rings. The summed E-state index contributed by atoms with van der Waals surface area (Å²) in [6.45, 7) is 4.00. The van der Waals surface area contributed by atoms with Crippen LogP contribution in [-0.4, -0.2) is 15.6 Å². The maximum atomic E-state index is 12.3. The third-order valence-corrected chi connectivity index (χ3v) is 3.15. The van der Waals surface area contributed by atoms with E-state index in [-0.39, 0.29) is 5.78 Å². The smallest absolute Gasteiger partial charge is 0.212 e. The molecule has 1 aromatic carbocycles. The molecule has 17 heavy (non-hydrogen) atoms. The Morgan fingerprint density at radius 3 is 2.53 bits per heavy atom. The number of carbonyl (C=O) groups excluding carboxylic acids is 1. The lowest BCUT2D eigenvalue weighted by Gasteiger charge is -2.05. The Morgan fingerprint density at radius 2 is 2.00 bits per heavy atom. The average Bonchev–Trinajstić information content (AvgIpc) is 2.62. The van der Waals surface area contributed by atoms with Gasteiger partial charge in [-0.15, -0.1) is 0 Å². The summed E-state index contributed by atoms with van der Waals surface area (Å²) in [7, 11) is 1.71. The molecular formula is C13H13ClN2O. The van der Waals surface area contributed by atoms with Crippen molar-refractivity contribution in [3.8, 4) is 0 Å². The van der Waals surface area contributed by atoms with E-state index in [1.807, 2.05) is 32.0 Å². The number of benzene rings is 1. The van der Waals surface area contributed by atoms with E-state index >= 15 is 0 Å². The molecule has 4 heteroatoms. The minimum absolute atomic E-state index is 0.0990. The summed E-state index contributed by atoms with van der Waals surface area (Å²) in [6, 6.07) is 5.63. The van der Waals surface area contributed by atoms with Gasteiger partial charge in [-0.05, 0) is 31.0 Å². The number of aromatic nitrogens is 2. The van der Waals surface area contributed by atoms with Crippen LogP contribution in [0.25, 0.3) is 0 Å². The first-order chi connectivity index (χ1) is 8.00. The molecule has 0 saturated carbocycles. The van der Waals surface area contributed by atoms with E-state index < -0.39 is 0 Å². The van der Waals surface area contributed by atoms with E-state index in [0.717, 1.165) is 11.1 Å². The summed E-state index contributed by atoms with van der Waals surface area (Å²) in [5.74, 6) is -0.0990. The van der Waals surface area contributed by atoms with Crippen LogP contribution in [0.3, 0.4) is 0 Å². The molecule has 0 saturated heterocycles. The van der Waals surface area contributed by atoms with Gasteiger partial charge in [0, 0.05) is 12.6 Å². The van der Waals surface area contributed by atoms with Gasteiger partial charge in [0.05, 0.1) is 11.2 Å². The molecule has 1 heterocycles. The van der Waals surface area contributed by atoms with Crippen LogP contribution in [0.15, 0.2) is 24.4 Å². The number of hydrogen-bond acceptors (Lipinski definition) is 2. The second kappa shape index (κ2) is 4.34. The van der Waals surface area contributed by atoms with Crippen LogP contribution in [0, 0.1) is 13.8 Å². The Kier molecular flexibility index (Phi) is 3.03. The predicted octanol–water partition coefficient (Wildman–Crippen LogP) is 2.92. The van der Waals surface area contributed by atoms with Crippen molar-refractivity contribution in [2.24, 2.45) is 7.05 Å². The van der Waals surface area contributed by atoms with Crippen molar-refractivity contribution in [1.82, 2.24) is 9.78 Å². The molecule has 0 unspecified atom stereocenters. The standard InChI is InChI=1S/C13H13ClN2O/c1-8-4-5-10(6-9(8)2)13(17)12-11(14)7-15-16(12)3/h4-7H,1-3H3. The topological polar surface area (TPSA) is 34.9 Å². The highest BCUT2D eigenvalue weighted by Crippen LogP contribution is 2.19. The molecule has 0 amide bonds. The Hall–Kier alpha value is -1.61. The quantitative estimate of drug-likeness (QED) is 0.766. The summed E-state index contributed by atoms with van der Waals surface area (Å²) >= 11 is 5.96. The molecular weight excluding hydrogens is 236 g/mol. The first-order valence-electron chi connectivity index (χ1n) is 5.30. The lowest BCUT2D eigenvalue weighted by Crippen LogP contribution is -2.09. The maximum absolute atomic E-state index is 12.3. The average molecular weight is 249 g/mol. The van der Waals surface area contributed by atoms with Gasteiger partial charge in [-0.25, -0.2) is 0 Å². The van der Waals surface area contributed by atoms with Gasteiger partial charge in [-0.3, -0.25) is 9.48 Å². The zero-order valence-corrected chi connectivity index (χ0v) is 10.7. The minimum Gasteiger partial charge on any atom is -0.287 e. The van der Waals surface area contributed by atoms with Crippen LogP contribution in [0.5, 0.6) is 0 Å². The van der Waals surface area contributed by atoms with E-state index in [0.29, 0.717) is 16.3 Å². The molecule has 1 aromatic heterocycles. The molecule has 3 nitrogen and oxygen atoms in total. The summed E-state index contributed by atoms with van der Waals surface area (Å²) in [5.41, 5.74) is 3.32. The number of rotatable bonds is 2. The van der Waals surface area contributed by atoms with Crippen molar-refractivity contribution in [1.29, 1.82) is 0 Å². The summed E-state index contributed by atoms with van der Waals surface area (Å²) < 4.78 is 1.50. The molecule has 2 rings (SSSR count). The molecule has 0 radical (unpaired) electrons. The second-order valence-corrected chi connectivity index (χ2v) is 4.50. The van der Waals surface area contributed by atoms with Gasteiger partial charge in [-0.1, -0.05) is 23.7 Å². The number of halogens is 1. The van der Waals surface area contributed by atoms with E-state index in [4.69, 9.17) is 11.6 Å². The first-order valence-corrected chi connectivity index (χ1v) is 5.68. The number of ketones is 1. The molecule has 0 atom stereocenters. The fourth-order valence-corrected chi connectivity index (χ4v) is 1.94. The fraction of sp³-hybridized carbons (Fsp3) is 0.231. The molecule has 0 fully saturated rings. The van der Waals surface area contributed by atoms with Crippen molar-refractivity contribution >= 4 is 17.4 Å². The van der Waals surface area contributed by atoms with Crippen LogP contribution in [0.1, 0.15) is 27.2 Å². The molecule has 0 aliphatic carbocycles. The van der Waals surface area contributed by atoms with Crippen molar-refractivity contribution < 1.29 is 4.79 Å². The highest BCUT2D eigenvalue weighted by Gasteiger charge is 2.17. The normalized spacial score (nSPS) is 10.6. The molecule has 0 aliphatic heterocycles. The minimum atomic E-state index is -0.0990. The Balaban J connectivity index is 2.48. The van der Waals surface area contributed by atoms with Crippen molar-refractivity contribution in [3.63, 3.8) is 0 Å². The number of hydrogen-bond donors (Lipinski definition) is 0. The van der Waals surface area contributed by atoms with Gasteiger partial charge in [0.15, 0.2) is 0 Å². The van der Waals surface area contributed by atoms with Crippen molar-refractivity contribution in [2.45, 2.75) is 13.8 Å². The highest BCUT2D eigenvalue weighted by atomic mass is 35.5. The van der Waals surface area contributed by atoms with Gasteiger partial charge in [0.1, 0.15) is 5.69 Å². The SMILES string of the molecule is Cc1ccc(C(=O)c2c(Cl)cnn2C)cc1C. The van der Waals surface area contributed by atoms with Gasteiger partial charge in [0.2, 0.25) is 5.78 Å². The second-order valence-electron chi connectivity index (χ2n) is 4.09. The van der Waals surface area contributed by atoms with Crippen molar-refractivity contribution in [3.05, 3.63) is 51.8 Å². The van der Waals surface area contributed by atoms with Gasteiger partial charge < -0.3 is 0 Å².